The van der Waals surface area contributed by atoms with Gasteiger partial charge in [-0.3, -0.25) is 0 Å². The Hall–Kier alpha value is 0.350. The van der Waals surface area contributed by atoms with E-state index in [-0.39, 0.29) is 0 Å². The molecule has 0 amide bonds. The molecule has 0 heterocycles. The first kappa shape index (κ1) is 10.9. The predicted octanol–water partition coefficient (Wildman–Crippen LogP) is 4.45. The summed E-state index contributed by atoms with van der Waals surface area (Å²) in [5, 5.41) is 0. The van der Waals surface area contributed by atoms with Crippen molar-refractivity contribution >= 4 is 12.6 Å². The third-order valence-corrected chi connectivity index (χ3v) is 5.83. The molecule has 0 bridgehead atoms. The molecule has 0 N–H and O–H groups in total. The third kappa shape index (κ3) is 1.43. The molecular weight excluding hydrogens is 188 g/mol. The van der Waals surface area contributed by atoms with Crippen LogP contribution in [-0.2, 0) is 0 Å². The molecule has 0 nitrogen and oxygen atoms in total. The highest BCUT2D eigenvalue weighted by molar-refractivity contribution is 7.80. The van der Waals surface area contributed by atoms with Crippen LogP contribution in [0.1, 0.15) is 64.7 Å². The fraction of sp³-hybridized carbons (Fsp3) is 1.00. The maximum Gasteiger partial charge on any atom is -0.00358 e. The highest BCUT2D eigenvalue weighted by Gasteiger charge is 2.51. The van der Waals surface area contributed by atoms with Gasteiger partial charge >= 0.3 is 0 Å². The first-order chi connectivity index (χ1) is 6.79. The SMILES string of the molecule is CCC1(C2(CS)CCCC2)CCCC1. The molecule has 0 aromatic heterocycles. The molecule has 0 aromatic rings. The van der Waals surface area contributed by atoms with Crippen molar-refractivity contribution in [2.45, 2.75) is 64.7 Å². The Balaban J connectivity index is 2.23. The largest absolute Gasteiger partial charge is 0.179 e. The third-order valence-electron chi connectivity index (χ3n) is 5.23. The van der Waals surface area contributed by atoms with Gasteiger partial charge in [0.1, 0.15) is 0 Å². The van der Waals surface area contributed by atoms with E-state index in [2.05, 4.69) is 19.6 Å². The van der Waals surface area contributed by atoms with Gasteiger partial charge in [0.15, 0.2) is 0 Å². The zero-order valence-corrected chi connectivity index (χ0v) is 10.4. The van der Waals surface area contributed by atoms with Crippen molar-refractivity contribution < 1.29 is 0 Å². The molecule has 2 saturated carbocycles. The van der Waals surface area contributed by atoms with Gasteiger partial charge in [0, 0.05) is 0 Å². The van der Waals surface area contributed by atoms with Gasteiger partial charge in [0.05, 0.1) is 0 Å². The first-order valence-corrected chi connectivity index (χ1v) is 7.03. The fourth-order valence-electron chi connectivity index (χ4n) is 4.22. The molecule has 2 aliphatic carbocycles. The van der Waals surface area contributed by atoms with Crippen LogP contribution in [0.4, 0.5) is 0 Å². The van der Waals surface area contributed by atoms with E-state index in [0.717, 1.165) is 5.75 Å². The monoisotopic (exact) mass is 212 g/mol. The van der Waals surface area contributed by atoms with Crippen LogP contribution in [0.5, 0.6) is 0 Å². The van der Waals surface area contributed by atoms with Crippen LogP contribution >= 0.6 is 12.6 Å². The lowest BCUT2D eigenvalue weighted by molar-refractivity contribution is 0.0623. The second-order valence-corrected chi connectivity index (χ2v) is 5.80. The average Bonchev–Trinajstić information content (AvgIpc) is 2.88. The Labute approximate surface area is 94.3 Å². The summed E-state index contributed by atoms with van der Waals surface area (Å²) < 4.78 is 0. The van der Waals surface area contributed by atoms with Gasteiger partial charge in [0.25, 0.3) is 0 Å². The molecule has 0 aromatic carbocycles. The Morgan fingerprint density at radius 2 is 1.29 bits per heavy atom. The van der Waals surface area contributed by atoms with Gasteiger partial charge in [-0.25, -0.2) is 0 Å². The van der Waals surface area contributed by atoms with Crippen LogP contribution in [-0.4, -0.2) is 5.75 Å². The lowest BCUT2D eigenvalue weighted by Crippen LogP contribution is -2.39. The topological polar surface area (TPSA) is 0 Å². The number of hydrogen-bond donors (Lipinski definition) is 1. The smallest absolute Gasteiger partial charge is 0.00358 e. The highest BCUT2D eigenvalue weighted by atomic mass is 32.1. The Morgan fingerprint density at radius 3 is 1.64 bits per heavy atom. The van der Waals surface area contributed by atoms with Gasteiger partial charge in [-0.2, -0.15) is 12.6 Å². The van der Waals surface area contributed by atoms with Crippen molar-refractivity contribution in [3.05, 3.63) is 0 Å². The minimum Gasteiger partial charge on any atom is -0.179 e. The van der Waals surface area contributed by atoms with Gasteiger partial charge in [-0.05, 0) is 48.7 Å². The number of hydrogen-bond acceptors (Lipinski definition) is 1. The zero-order valence-electron chi connectivity index (χ0n) is 9.52. The summed E-state index contributed by atoms with van der Waals surface area (Å²) in [6, 6.07) is 0. The number of thiol groups is 1. The van der Waals surface area contributed by atoms with Crippen LogP contribution in [0.25, 0.3) is 0 Å². The van der Waals surface area contributed by atoms with Crippen molar-refractivity contribution in [3.8, 4) is 0 Å². The molecule has 0 atom stereocenters. The standard InChI is InChI=1S/C13H24S/c1-2-12(7-3-4-8-12)13(11-14)9-5-6-10-13/h14H,2-11H2,1H3. The molecule has 2 fully saturated rings. The second kappa shape index (κ2) is 4.08. The van der Waals surface area contributed by atoms with Crippen LogP contribution in [0.2, 0.25) is 0 Å². The molecular formula is C13H24S. The summed E-state index contributed by atoms with van der Waals surface area (Å²) in [5.41, 5.74) is 1.31. The normalized spacial score (nSPS) is 29.6. The molecule has 0 spiro atoms. The average molecular weight is 212 g/mol. The van der Waals surface area contributed by atoms with E-state index < -0.39 is 0 Å². The van der Waals surface area contributed by atoms with E-state index in [1.807, 2.05) is 0 Å². The van der Waals surface area contributed by atoms with E-state index in [1.54, 1.807) is 0 Å². The molecule has 2 aliphatic rings. The van der Waals surface area contributed by atoms with Crippen molar-refractivity contribution in [1.29, 1.82) is 0 Å². The van der Waals surface area contributed by atoms with E-state index in [0.29, 0.717) is 10.8 Å². The van der Waals surface area contributed by atoms with Gasteiger partial charge in [-0.15, -0.1) is 0 Å². The molecule has 2 rings (SSSR count). The molecule has 0 aliphatic heterocycles. The number of rotatable bonds is 3. The van der Waals surface area contributed by atoms with Gasteiger partial charge in [-0.1, -0.05) is 32.6 Å². The molecule has 0 saturated heterocycles. The van der Waals surface area contributed by atoms with E-state index in [1.165, 1.54) is 57.8 Å². The quantitative estimate of drug-likeness (QED) is 0.657. The van der Waals surface area contributed by atoms with Crippen molar-refractivity contribution in [2.75, 3.05) is 5.75 Å². The summed E-state index contributed by atoms with van der Waals surface area (Å²) in [6.07, 6.45) is 13.2. The zero-order chi connectivity index (χ0) is 10.1. The molecule has 0 radical (unpaired) electrons. The highest BCUT2D eigenvalue weighted by Crippen LogP contribution is 2.61. The Kier molecular flexibility index (Phi) is 3.16. The summed E-state index contributed by atoms with van der Waals surface area (Å²) >= 11 is 4.68. The molecule has 82 valence electrons. The maximum absolute atomic E-state index is 4.68. The summed E-state index contributed by atoms with van der Waals surface area (Å²) in [5.74, 6) is 1.14. The maximum atomic E-state index is 4.68. The minimum atomic E-state index is 0.626. The Bertz CT molecular complexity index is 163. The first-order valence-electron chi connectivity index (χ1n) is 6.39. The van der Waals surface area contributed by atoms with Crippen LogP contribution < -0.4 is 0 Å². The van der Waals surface area contributed by atoms with Crippen LogP contribution in [0, 0.1) is 10.8 Å². The van der Waals surface area contributed by atoms with E-state index in [4.69, 9.17) is 0 Å². The van der Waals surface area contributed by atoms with Gasteiger partial charge < -0.3 is 0 Å². The second-order valence-electron chi connectivity index (χ2n) is 5.49. The minimum absolute atomic E-state index is 0.626. The molecule has 1 heteroatoms. The van der Waals surface area contributed by atoms with Gasteiger partial charge in [0.2, 0.25) is 0 Å². The molecule has 0 unspecified atom stereocenters. The Morgan fingerprint density at radius 1 is 0.857 bits per heavy atom. The lowest BCUT2D eigenvalue weighted by Gasteiger charge is -2.46. The van der Waals surface area contributed by atoms with E-state index >= 15 is 0 Å². The fourth-order valence-corrected chi connectivity index (χ4v) is 4.87. The summed E-state index contributed by atoms with van der Waals surface area (Å²) in [4.78, 5) is 0. The summed E-state index contributed by atoms with van der Waals surface area (Å²) in [7, 11) is 0. The lowest BCUT2D eigenvalue weighted by atomic mass is 9.60. The van der Waals surface area contributed by atoms with Crippen molar-refractivity contribution in [3.63, 3.8) is 0 Å². The van der Waals surface area contributed by atoms with Crippen molar-refractivity contribution in [1.82, 2.24) is 0 Å². The van der Waals surface area contributed by atoms with Crippen LogP contribution in [0.3, 0.4) is 0 Å². The van der Waals surface area contributed by atoms with Crippen molar-refractivity contribution in [2.24, 2.45) is 10.8 Å². The van der Waals surface area contributed by atoms with Crippen LogP contribution in [0.15, 0.2) is 0 Å². The predicted molar refractivity (Wildman–Crippen MR) is 65.9 cm³/mol. The summed E-state index contributed by atoms with van der Waals surface area (Å²) in [6.45, 7) is 2.41. The van der Waals surface area contributed by atoms with E-state index in [9.17, 15) is 0 Å². The molecule has 14 heavy (non-hydrogen) atoms.